The topological polar surface area (TPSA) is 86.2 Å². The maximum atomic E-state index is 12.6. The lowest BCUT2D eigenvalue weighted by atomic mass is 10.0. The van der Waals surface area contributed by atoms with Crippen LogP contribution in [0.15, 0.2) is 46.2 Å². The number of hydrogen-bond donors (Lipinski definition) is 2. The van der Waals surface area contributed by atoms with Gasteiger partial charge in [0.15, 0.2) is 0 Å². The molecule has 0 saturated heterocycles. The van der Waals surface area contributed by atoms with E-state index in [-0.39, 0.29) is 10.8 Å². The van der Waals surface area contributed by atoms with Crippen molar-refractivity contribution in [1.29, 1.82) is 0 Å². The minimum absolute atomic E-state index is 0.151. The number of benzene rings is 2. The molecule has 2 aromatic carbocycles. The summed E-state index contributed by atoms with van der Waals surface area (Å²) in [6, 6.07) is 10.2. The molecule has 0 spiro atoms. The van der Waals surface area contributed by atoms with Crippen LogP contribution in [0.5, 0.6) is 0 Å². The fourth-order valence-electron chi connectivity index (χ4n) is 2.02. The van der Waals surface area contributed by atoms with E-state index in [4.69, 9.17) is 11.5 Å². The van der Waals surface area contributed by atoms with E-state index in [1.54, 1.807) is 36.4 Å². The molecule has 0 aliphatic carbocycles. The minimum atomic E-state index is -3.50. The molecule has 4 N–H and O–H groups in total. The zero-order valence-corrected chi connectivity index (χ0v) is 14.5. The van der Waals surface area contributed by atoms with Crippen molar-refractivity contribution in [3.63, 3.8) is 0 Å². The molecule has 22 heavy (non-hydrogen) atoms. The van der Waals surface area contributed by atoms with Crippen LogP contribution < -0.4 is 11.5 Å². The molecule has 2 aromatic rings. The Morgan fingerprint density at radius 1 is 1.00 bits per heavy atom. The Morgan fingerprint density at radius 2 is 1.55 bits per heavy atom. The molecule has 0 saturated carbocycles. The third-order valence-corrected chi connectivity index (χ3v) is 6.72. The van der Waals surface area contributed by atoms with Gasteiger partial charge in [0, 0.05) is 15.7 Å². The zero-order valence-electron chi connectivity index (χ0n) is 12.8. The minimum Gasteiger partial charge on any atom is -0.397 e. The third kappa shape index (κ3) is 3.56. The van der Waals surface area contributed by atoms with Gasteiger partial charge < -0.3 is 11.5 Å². The lowest BCUT2D eigenvalue weighted by Gasteiger charge is -2.15. The van der Waals surface area contributed by atoms with Crippen LogP contribution in [0.25, 0.3) is 0 Å². The molecule has 0 bridgehead atoms. The van der Waals surface area contributed by atoms with E-state index in [0.717, 1.165) is 21.9 Å². The van der Waals surface area contributed by atoms with E-state index in [2.05, 4.69) is 0 Å². The Morgan fingerprint density at radius 3 is 2.09 bits per heavy atom. The van der Waals surface area contributed by atoms with Crippen LogP contribution in [0.3, 0.4) is 0 Å². The second-order valence-electron chi connectivity index (χ2n) is 5.52. The van der Waals surface area contributed by atoms with Gasteiger partial charge in [0.25, 0.3) is 0 Å². The molecule has 0 atom stereocenters. The van der Waals surface area contributed by atoms with Crippen molar-refractivity contribution in [3.05, 3.63) is 47.5 Å². The molecule has 0 unspecified atom stereocenters. The van der Waals surface area contributed by atoms with Crippen molar-refractivity contribution in [2.75, 3.05) is 11.5 Å². The number of anilines is 2. The molecule has 0 heterocycles. The standard InChI is InChI=1S/C16H20N2O2S2/c1-10(2)13-8-14(17)15(18)9-16(13)21-22(19,20)12-6-4-11(3)5-7-12/h4-10H,17-18H2,1-3H3. The van der Waals surface area contributed by atoms with Crippen molar-refractivity contribution < 1.29 is 8.42 Å². The van der Waals surface area contributed by atoms with E-state index in [1.807, 2.05) is 20.8 Å². The Hall–Kier alpha value is -1.66. The fraction of sp³-hybridized carbons (Fsp3) is 0.250. The van der Waals surface area contributed by atoms with Crippen molar-refractivity contribution in [3.8, 4) is 0 Å². The molecule has 4 nitrogen and oxygen atoms in total. The molecule has 2 rings (SSSR count). The van der Waals surface area contributed by atoms with E-state index < -0.39 is 8.87 Å². The summed E-state index contributed by atoms with van der Waals surface area (Å²) in [5.41, 5.74) is 14.4. The van der Waals surface area contributed by atoms with Crippen LogP contribution >= 0.6 is 10.8 Å². The van der Waals surface area contributed by atoms with Gasteiger partial charge in [-0.25, -0.2) is 8.42 Å². The van der Waals surface area contributed by atoms with Crippen molar-refractivity contribution in [2.45, 2.75) is 36.5 Å². The van der Waals surface area contributed by atoms with Gasteiger partial charge in [0.1, 0.15) is 0 Å². The number of rotatable bonds is 4. The smallest absolute Gasteiger partial charge is 0.234 e. The first kappa shape index (κ1) is 16.7. The van der Waals surface area contributed by atoms with Gasteiger partial charge in [-0.2, -0.15) is 0 Å². The summed E-state index contributed by atoms with van der Waals surface area (Å²) in [5, 5.41) is 0. The van der Waals surface area contributed by atoms with E-state index >= 15 is 0 Å². The largest absolute Gasteiger partial charge is 0.397 e. The zero-order chi connectivity index (χ0) is 16.5. The van der Waals surface area contributed by atoms with E-state index in [1.165, 1.54) is 0 Å². The molecule has 6 heteroatoms. The predicted octanol–water partition coefficient (Wildman–Crippen LogP) is 3.76. The molecule has 0 radical (unpaired) electrons. The fourth-order valence-corrected chi connectivity index (χ4v) is 5.16. The summed E-state index contributed by atoms with van der Waals surface area (Å²) in [4.78, 5) is 0.912. The number of nitrogens with two attached hydrogens (primary N) is 2. The lowest BCUT2D eigenvalue weighted by Crippen LogP contribution is -2.02. The Balaban J connectivity index is 2.45. The summed E-state index contributed by atoms with van der Waals surface area (Å²) >= 11 is 0. The quantitative estimate of drug-likeness (QED) is 0.656. The highest BCUT2D eigenvalue weighted by Gasteiger charge is 2.20. The van der Waals surface area contributed by atoms with Gasteiger partial charge in [0.05, 0.1) is 16.3 Å². The SMILES string of the molecule is Cc1ccc(S(=O)(=O)Sc2cc(N)c(N)cc2C(C)C)cc1. The average Bonchev–Trinajstić information content (AvgIpc) is 2.42. The van der Waals surface area contributed by atoms with Gasteiger partial charge in [-0.05, 0) is 42.7 Å². The molecule has 0 aliphatic heterocycles. The van der Waals surface area contributed by atoms with Crippen LogP contribution in [-0.4, -0.2) is 8.42 Å². The monoisotopic (exact) mass is 336 g/mol. The number of hydrogen-bond acceptors (Lipinski definition) is 5. The second kappa shape index (κ2) is 6.22. The van der Waals surface area contributed by atoms with Crippen molar-refractivity contribution in [2.24, 2.45) is 0 Å². The summed E-state index contributed by atoms with van der Waals surface area (Å²) in [7, 11) is -2.68. The number of nitrogen functional groups attached to an aromatic ring is 2. The summed E-state index contributed by atoms with van der Waals surface area (Å²) in [6.45, 7) is 5.90. The highest BCUT2D eigenvalue weighted by atomic mass is 33.1. The van der Waals surface area contributed by atoms with Crippen LogP contribution in [0.1, 0.15) is 30.9 Å². The molecule has 0 amide bonds. The molecular formula is C16H20N2O2S2. The summed E-state index contributed by atoms with van der Waals surface area (Å²) in [5.74, 6) is 0.151. The second-order valence-corrected chi connectivity index (χ2v) is 9.33. The van der Waals surface area contributed by atoms with Gasteiger partial charge in [-0.15, -0.1) is 0 Å². The average molecular weight is 336 g/mol. The summed E-state index contributed by atoms with van der Waals surface area (Å²) in [6.07, 6.45) is 0. The lowest BCUT2D eigenvalue weighted by molar-refractivity contribution is 0.610. The van der Waals surface area contributed by atoms with E-state index in [0.29, 0.717) is 16.3 Å². The Bertz CT molecular complexity index is 783. The molecule has 0 fully saturated rings. The van der Waals surface area contributed by atoms with Gasteiger partial charge in [-0.3, -0.25) is 0 Å². The molecule has 0 aliphatic rings. The van der Waals surface area contributed by atoms with Gasteiger partial charge in [-0.1, -0.05) is 31.5 Å². The first-order valence-corrected chi connectivity index (χ1v) is 9.72. The number of aryl methyl sites for hydroxylation is 1. The van der Waals surface area contributed by atoms with E-state index in [9.17, 15) is 8.42 Å². The van der Waals surface area contributed by atoms with Crippen molar-refractivity contribution in [1.82, 2.24) is 0 Å². The Kier molecular flexibility index (Phi) is 4.72. The van der Waals surface area contributed by atoms with Crippen LogP contribution in [0, 0.1) is 6.92 Å². The molecule has 118 valence electrons. The molecular weight excluding hydrogens is 316 g/mol. The maximum Gasteiger partial charge on any atom is 0.234 e. The first-order chi connectivity index (χ1) is 10.2. The highest BCUT2D eigenvalue weighted by molar-refractivity contribution is 8.72. The third-order valence-electron chi connectivity index (χ3n) is 3.35. The Labute approximate surface area is 135 Å². The van der Waals surface area contributed by atoms with Gasteiger partial charge in [0.2, 0.25) is 8.87 Å². The van der Waals surface area contributed by atoms with Crippen molar-refractivity contribution >= 4 is 31.0 Å². The van der Waals surface area contributed by atoms with Crippen LogP contribution in [0.2, 0.25) is 0 Å². The van der Waals surface area contributed by atoms with Gasteiger partial charge >= 0.3 is 0 Å². The normalized spacial score (nSPS) is 11.8. The highest BCUT2D eigenvalue weighted by Crippen LogP contribution is 2.38. The summed E-state index contributed by atoms with van der Waals surface area (Å²) < 4.78 is 25.1. The predicted molar refractivity (Wildman–Crippen MR) is 93.6 cm³/mol. The van der Waals surface area contributed by atoms with Crippen LogP contribution in [0.4, 0.5) is 11.4 Å². The molecule has 0 aromatic heterocycles. The first-order valence-electron chi connectivity index (χ1n) is 6.91. The van der Waals surface area contributed by atoms with Crippen LogP contribution in [-0.2, 0) is 8.87 Å². The maximum absolute atomic E-state index is 12.6.